The second kappa shape index (κ2) is 6.94. The summed E-state index contributed by atoms with van der Waals surface area (Å²) in [6, 6.07) is 0.530. The summed E-state index contributed by atoms with van der Waals surface area (Å²) < 4.78 is 5.60. The van der Waals surface area contributed by atoms with Crippen LogP contribution in [-0.4, -0.2) is 28.5 Å². The fourth-order valence-electron chi connectivity index (χ4n) is 3.30. The van der Waals surface area contributed by atoms with E-state index >= 15 is 0 Å². The lowest BCUT2D eigenvalue weighted by Crippen LogP contribution is -2.31. The third-order valence-electron chi connectivity index (χ3n) is 4.41. The van der Waals surface area contributed by atoms with E-state index in [2.05, 4.69) is 17.4 Å². The lowest BCUT2D eigenvalue weighted by Gasteiger charge is -2.18. The zero-order valence-electron chi connectivity index (χ0n) is 12.3. The van der Waals surface area contributed by atoms with E-state index in [0.29, 0.717) is 17.2 Å². The molecule has 1 aliphatic carbocycles. The van der Waals surface area contributed by atoms with Gasteiger partial charge < -0.3 is 9.84 Å². The second-order valence-electron chi connectivity index (χ2n) is 5.94. The number of nitrogens with one attached hydrogen (secondary N) is 1. The van der Waals surface area contributed by atoms with Crippen LogP contribution in [0.4, 0.5) is 0 Å². The highest BCUT2D eigenvalue weighted by Gasteiger charge is 2.33. The standard InChI is InChI=1S/C15H25N3OS/c1-2-9-16-12-7-5-6-11(12)15-17-14(18-19-15)13-8-3-4-10-20-13/h11-13,16H,2-10H2,1H3. The minimum absolute atomic E-state index is 0.427. The average Bonchev–Trinajstić information content (AvgIpc) is 3.14. The zero-order chi connectivity index (χ0) is 13.8. The first-order valence-electron chi connectivity index (χ1n) is 8.07. The molecular formula is C15H25N3OS. The molecule has 20 heavy (non-hydrogen) atoms. The van der Waals surface area contributed by atoms with Crippen LogP contribution in [-0.2, 0) is 0 Å². The Morgan fingerprint density at radius 2 is 2.20 bits per heavy atom. The van der Waals surface area contributed by atoms with Gasteiger partial charge in [-0.1, -0.05) is 24.9 Å². The summed E-state index contributed by atoms with van der Waals surface area (Å²) in [4.78, 5) is 4.74. The van der Waals surface area contributed by atoms with Gasteiger partial charge in [0.1, 0.15) is 0 Å². The van der Waals surface area contributed by atoms with Crippen molar-refractivity contribution in [2.75, 3.05) is 12.3 Å². The molecule has 1 saturated heterocycles. The summed E-state index contributed by atoms with van der Waals surface area (Å²) in [6.45, 7) is 3.29. The van der Waals surface area contributed by atoms with Crippen molar-refractivity contribution in [2.24, 2.45) is 0 Å². The molecule has 2 fully saturated rings. The van der Waals surface area contributed by atoms with Crippen molar-refractivity contribution in [1.82, 2.24) is 15.5 Å². The number of aromatic nitrogens is 2. The Morgan fingerprint density at radius 3 is 3.00 bits per heavy atom. The average molecular weight is 295 g/mol. The first kappa shape index (κ1) is 14.4. The fraction of sp³-hybridized carbons (Fsp3) is 0.867. The first-order valence-corrected chi connectivity index (χ1v) is 9.12. The Kier molecular flexibility index (Phi) is 4.99. The van der Waals surface area contributed by atoms with Gasteiger partial charge in [0.2, 0.25) is 5.89 Å². The highest BCUT2D eigenvalue weighted by molar-refractivity contribution is 7.99. The normalized spacial score (nSPS) is 30.8. The molecule has 1 aliphatic heterocycles. The van der Waals surface area contributed by atoms with Gasteiger partial charge in [-0.25, -0.2) is 0 Å². The van der Waals surface area contributed by atoms with Crippen LogP contribution in [0.15, 0.2) is 4.52 Å². The number of nitrogens with zero attached hydrogens (tertiary/aromatic N) is 2. The van der Waals surface area contributed by atoms with E-state index in [1.807, 2.05) is 11.8 Å². The maximum absolute atomic E-state index is 5.60. The first-order chi connectivity index (χ1) is 9.88. The smallest absolute Gasteiger partial charge is 0.231 e. The molecule has 0 radical (unpaired) electrons. The van der Waals surface area contributed by atoms with Gasteiger partial charge in [0.05, 0.1) is 11.2 Å². The third-order valence-corrected chi connectivity index (χ3v) is 5.79. The van der Waals surface area contributed by atoms with E-state index in [1.54, 1.807) is 0 Å². The van der Waals surface area contributed by atoms with Gasteiger partial charge in [-0.05, 0) is 44.4 Å². The van der Waals surface area contributed by atoms with Crippen LogP contribution < -0.4 is 5.32 Å². The minimum atomic E-state index is 0.427. The van der Waals surface area contributed by atoms with E-state index in [-0.39, 0.29) is 0 Å². The maximum atomic E-state index is 5.60. The van der Waals surface area contributed by atoms with Crippen molar-refractivity contribution >= 4 is 11.8 Å². The highest BCUT2D eigenvalue weighted by atomic mass is 32.2. The molecule has 1 aromatic rings. The van der Waals surface area contributed by atoms with Crippen molar-refractivity contribution < 1.29 is 4.52 Å². The van der Waals surface area contributed by atoms with Gasteiger partial charge >= 0.3 is 0 Å². The summed E-state index contributed by atoms with van der Waals surface area (Å²) >= 11 is 1.99. The predicted octanol–water partition coefficient (Wildman–Crippen LogP) is 3.66. The van der Waals surface area contributed by atoms with Crippen LogP contribution in [0.2, 0.25) is 0 Å². The van der Waals surface area contributed by atoms with E-state index in [1.165, 1.54) is 50.7 Å². The van der Waals surface area contributed by atoms with Crippen LogP contribution in [0.3, 0.4) is 0 Å². The third kappa shape index (κ3) is 3.19. The Labute approximate surface area is 125 Å². The van der Waals surface area contributed by atoms with Crippen LogP contribution in [0.5, 0.6) is 0 Å². The summed E-state index contributed by atoms with van der Waals surface area (Å²) in [5.74, 6) is 3.47. The SMILES string of the molecule is CCCNC1CCCC1c1nc(C2CCCCS2)no1. The highest BCUT2D eigenvalue weighted by Crippen LogP contribution is 2.39. The van der Waals surface area contributed by atoms with Crippen molar-refractivity contribution in [3.05, 3.63) is 11.7 Å². The largest absolute Gasteiger partial charge is 0.339 e. The van der Waals surface area contributed by atoms with E-state index in [0.717, 1.165) is 18.3 Å². The Balaban J connectivity index is 1.65. The number of rotatable bonds is 5. The molecule has 0 bridgehead atoms. The van der Waals surface area contributed by atoms with Gasteiger partial charge in [-0.15, -0.1) is 0 Å². The van der Waals surface area contributed by atoms with Gasteiger partial charge in [-0.3, -0.25) is 0 Å². The van der Waals surface area contributed by atoms with E-state index in [4.69, 9.17) is 9.51 Å². The zero-order valence-corrected chi connectivity index (χ0v) is 13.1. The molecule has 4 nitrogen and oxygen atoms in total. The molecule has 1 N–H and O–H groups in total. The monoisotopic (exact) mass is 295 g/mol. The lowest BCUT2D eigenvalue weighted by molar-refractivity contribution is 0.327. The second-order valence-corrected chi connectivity index (χ2v) is 7.25. The summed E-state index contributed by atoms with van der Waals surface area (Å²) in [7, 11) is 0. The van der Waals surface area contributed by atoms with E-state index < -0.39 is 0 Å². The van der Waals surface area contributed by atoms with Crippen LogP contribution >= 0.6 is 11.8 Å². The Bertz CT molecular complexity index is 417. The maximum Gasteiger partial charge on any atom is 0.231 e. The minimum Gasteiger partial charge on any atom is -0.339 e. The lowest BCUT2D eigenvalue weighted by atomic mass is 10.0. The van der Waals surface area contributed by atoms with Crippen molar-refractivity contribution in [1.29, 1.82) is 0 Å². The molecule has 2 heterocycles. The van der Waals surface area contributed by atoms with Gasteiger partial charge in [0.15, 0.2) is 5.82 Å². The van der Waals surface area contributed by atoms with Crippen molar-refractivity contribution in [2.45, 2.75) is 69.1 Å². The van der Waals surface area contributed by atoms with E-state index in [9.17, 15) is 0 Å². The summed E-state index contributed by atoms with van der Waals surface area (Å²) in [6.07, 6.45) is 8.69. The van der Waals surface area contributed by atoms with Crippen LogP contribution in [0.25, 0.3) is 0 Å². The summed E-state index contributed by atoms with van der Waals surface area (Å²) in [5, 5.41) is 8.36. The topological polar surface area (TPSA) is 51.0 Å². The van der Waals surface area contributed by atoms with Crippen molar-refractivity contribution in [3.8, 4) is 0 Å². The summed E-state index contributed by atoms with van der Waals surface area (Å²) in [5.41, 5.74) is 0. The number of thioether (sulfide) groups is 1. The molecule has 3 atom stereocenters. The molecule has 0 aromatic carbocycles. The quantitative estimate of drug-likeness (QED) is 0.898. The molecule has 5 heteroatoms. The van der Waals surface area contributed by atoms with Gasteiger partial charge in [0.25, 0.3) is 0 Å². The Morgan fingerprint density at radius 1 is 1.25 bits per heavy atom. The van der Waals surface area contributed by atoms with Gasteiger partial charge in [0, 0.05) is 6.04 Å². The molecule has 1 saturated carbocycles. The molecule has 0 amide bonds. The van der Waals surface area contributed by atoms with Crippen LogP contribution in [0, 0.1) is 0 Å². The predicted molar refractivity (Wildman–Crippen MR) is 82.0 cm³/mol. The van der Waals surface area contributed by atoms with Crippen molar-refractivity contribution in [3.63, 3.8) is 0 Å². The molecule has 112 valence electrons. The van der Waals surface area contributed by atoms with Crippen LogP contribution in [0.1, 0.15) is 74.8 Å². The fourth-order valence-corrected chi connectivity index (χ4v) is 4.54. The molecule has 2 aliphatic rings. The Hall–Kier alpha value is -0.550. The molecule has 3 unspecified atom stereocenters. The molecule has 1 aromatic heterocycles. The number of hydrogen-bond donors (Lipinski definition) is 1. The molecule has 0 spiro atoms. The molecular weight excluding hydrogens is 270 g/mol. The molecule has 3 rings (SSSR count). The number of hydrogen-bond acceptors (Lipinski definition) is 5. The van der Waals surface area contributed by atoms with Gasteiger partial charge in [-0.2, -0.15) is 16.7 Å².